The molecule has 0 N–H and O–H groups in total. The maximum Gasteiger partial charge on any atom is 0.264 e. The quantitative estimate of drug-likeness (QED) is 0.749. The van der Waals surface area contributed by atoms with E-state index in [1.54, 1.807) is 5.38 Å². The molecule has 0 spiro atoms. The summed E-state index contributed by atoms with van der Waals surface area (Å²) >= 11 is 1.38. The third kappa shape index (κ3) is 3.15. The fourth-order valence-corrected chi connectivity index (χ4v) is 3.13. The van der Waals surface area contributed by atoms with Gasteiger partial charge in [-0.05, 0) is 6.42 Å². The van der Waals surface area contributed by atoms with Crippen LogP contribution in [-0.2, 0) is 14.3 Å². The van der Waals surface area contributed by atoms with Crippen molar-refractivity contribution in [1.82, 2.24) is 4.98 Å². The zero-order valence-electron chi connectivity index (χ0n) is 9.16. The predicted molar refractivity (Wildman–Crippen MR) is 63.4 cm³/mol. The van der Waals surface area contributed by atoms with Crippen molar-refractivity contribution in [2.24, 2.45) is 0 Å². The molecule has 0 bridgehead atoms. The molecule has 0 aromatic carbocycles. The normalized spacial score (nSPS) is 20.5. The minimum atomic E-state index is -3.41. The van der Waals surface area contributed by atoms with Gasteiger partial charge in [0.1, 0.15) is 6.07 Å². The lowest BCUT2D eigenvalue weighted by atomic mass is 10.3. The smallest absolute Gasteiger partial charge is 0.264 e. The first-order valence-corrected chi connectivity index (χ1v) is 7.66. The van der Waals surface area contributed by atoms with Crippen molar-refractivity contribution in [3.8, 4) is 6.07 Å². The summed E-state index contributed by atoms with van der Waals surface area (Å²) in [6.45, 7) is 1.18. The highest BCUT2D eigenvalue weighted by atomic mass is 32.2. The van der Waals surface area contributed by atoms with E-state index in [0.717, 1.165) is 11.4 Å². The maximum absolute atomic E-state index is 11.0. The number of hydrogen-bond donors (Lipinski definition) is 0. The number of aromatic nitrogens is 1. The molecule has 1 saturated heterocycles. The van der Waals surface area contributed by atoms with Gasteiger partial charge in [0.05, 0.1) is 12.4 Å². The summed E-state index contributed by atoms with van der Waals surface area (Å²) in [5.41, 5.74) is 0.387. The lowest BCUT2D eigenvalue weighted by Gasteiger charge is -2.14. The Bertz CT molecular complexity index is 546. The Labute approximate surface area is 104 Å². The van der Waals surface area contributed by atoms with E-state index in [-0.39, 0.29) is 6.10 Å². The van der Waals surface area contributed by atoms with E-state index in [2.05, 4.69) is 4.98 Å². The van der Waals surface area contributed by atoms with E-state index in [4.69, 9.17) is 9.44 Å². The molecule has 0 aliphatic carbocycles. The van der Waals surface area contributed by atoms with Crippen LogP contribution in [0.5, 0.6) is 0 Å². The summed E-state index contributed by atoms with van der Waals surface area (Å²) in [6.07, 6.45) is 1.38. The van der Waals surface area contributed by atoms with Crippen LogP contribution in [0, 0.1) is 11.3 Å². The zero-order valence-corrected chi connectivity index (χ0v) is 10.8. The number of hydrogen-bond acceptors (Lipinski definition) is 7. The lowest BCUT2D eigenvalue weighted by molar-refractivity contribution is 0.234. The summed E-state index contributed by atoms with van der Waals surface area (Å²) in [5.74, 6) is 0. The zero-order chi connectivity index (χ0) is 12.5. The molecule has 1 aromatic heterocycles. The fraction of sp³-hybridized carbons (Fsp3) is 0.556. The fourth-order valence-electron chi connectivity index (χ4n) is 1.69. The van der Waals surface area contributed by atoms with Gasteiger partial charge < -0.3 is 4.90 Å². The van der Waals surface area contributed by atoms with E-state index in [1.165, 1.54) is 11.3 Å². The van der Waals surface area contributed by atoms with Gasteiger partial charge in [-0.1, -0.05) is 0 Å². The predicted octanol–water partition coefficient (Wildman–Crippen LogP) is 0.570. The summed E-state index contributed by atoms with van der Waals surface area (Å²) < 4.78 is 26.9. The van der Waals surface area contributed by atoms with Crippen LogP contribution in [0.2, 0.25) is 0 Å². The van der Waals surface area contributed by atoms with E-state index in [0.29, 0.717) is 25.2 Å². The van der Waals surface area contributed by atoms with Crippen molar-refractivity contribution in [1.29, 1.82) is 5.26 Å². The summed E-state index contributed by atoms with van der Waals surface area (Å²) in [4.78, 5) is 6.05. The van der Waals surface area contributed by atoms with Crippen LogP contribution >= 0.6 is 11.3 Å². The lowest BCUT2D eigenvalue weighted by Crippen LogP contribution is -2.24. The highest BCUT2D eigenvalue weighted by molar-refractivity contribution is 7.86. The Balaban J connectivity index is 2.01. The van der Waals surface area contributed by atoms with Crippen molar-refractivity contribution in [3.63, 3.8) is 0 Å². The minimum Gasteiger partial charge on any atom is -0.345 e. The molecule has 1 aliphatic heterocycles. The van der Waals surface area contributed by atoms with E-state index in [9.17, 15) is 8.42 Å². The first kappa shape index (κ1) is 12.3. The van der Waals surface area contributed by atoms with Gasteiger partial charge in [-0.3, -0.25) is 4.18 Å². The van der Waals surface area contributed by atoms with Gasteiger partial charge >= 0.3 is 0 Å². The number of anilines is 1. The summed E-state index contributed by atoms with van der Waals surface area (Å²) in [5, 5.41) is 11.1. The number of rotatable bonds is 3. The van der Waals surface area contributed by atoms with Crippen LogP contribution in [0.1, 0.15) is 12.1 Å². The molecule has 1 unspecified atom stereocenters. The van der Waals surface area contributed by atoms with Gasteiger partial charge in [-0.25, -0.2) is 4.98 Å². The number of thiazole rings is 1. The first-order chi connectivity index (χ1) is 7.98. The van der Waals surface area contributed by atoms with Crippen LogP contribution in [0.25, 0.3) is 0 Å². The standard InChI is InChI=1S/C9H11N3O3S2/c1-17(13,14)15-8-2-3-12(5-8)9-11-7(4-10)6-16-9/h6,8H,2-3,5H2,1H3. The molecule has 17 heavy (non-hydrogen) atoms. The SMILES string of the molecule is CS(=O)(=O)OC1CCN(c2nc(C#N)cs2)C1. The Kier molecular flexibility index (Phi) is 3.33. The van der Waals surface area contributed by atoms with Gasteiger partial charge in [0.25, 0.3) is 10.1 Å². The largest absolute Gasteiger partial charge is 0.345 e. The third-order valence-electron chi connectivity index (χ3n) is 2.33. The van der Waals surface area contributed by atoms with Gasteiger partial charge in [0.15, 0.2) is 10.8 Å². The summed E-state index contributed by atoms with van der Waals surface area (Å²) in [7, 11) is -3.41. The van der Waals surface area contributed by atoms with Crippen LogP contribution in [0.3, 0.4) is 0 Å². The molecule has 0 amide bonds. The number of nitriles is 1. The topological polar surface area (TPSA) is 83.3 Å². The van der Waals surface area contributed by atoms with Crippen molar-refractivity contribution in [2.45, 2.75) is 12.5 Å². The monoisotopic (exact) mass is 273 g/mol. The molecule has 2 rings (SSSR count). The second-order valence-corrected chi connectivity index (χ2v) is 6.22. The molecule has 1 aliphatic rings. The molecule has 92 valence electrons. The molecule has 1 atom stereocenters. The van der Waals surface area contributed by atoms with E-state index >= 15 is 0 Å². The Morgan fingerprint density at radius 1 is 1.71 bits per heavy atom. The van der Waals surface area contributed by atoms with Gasteiger partial charge in [0.2, 0.25) is 0 Å². The van der Waals surface area contributed by atoms with Crippen molar-refractivity contribution >= 4 is 26.6 Å². The third-order valence-corrected chi connectivity index (χ3v) is 3.86. The van der Waals surface area contributed by atoms with Gasteiger partial charge in [0, 0.05) is 18.5 Å². The molecular formula is C9H11N3O3S2. The minimum absolute atomic E-state index is 0.320. The number of nitrogens with zero attached hydrogens (tertiary/aromatic N) is 3. The average molecular weight is 273 g/mol. The Hall–Kier alpha value is -1.17. The van der Waals surface area contributed by atoms with Crippen LogP contribution in [0.15, 0.2) is 5.38 Å². The van der Waals surface area contributed by atoms with Crippen LogP contribution in [-0.4, -0.2) is 38.9 Å². The maximum atomic E-state index is 11.0. The molecule has 2 heterocycles. The Morgan fingerprint density at radius 2 is 2.47 bits per heavy atom. The second-order valence-electron chi connectivity index (χ2n) is 3.78. The molecule has 1 fully saturated rings. The molecule has 0 saturated carbocycles. The van der Waals surface area contributed by atoms with Crippen LogP contribution < -0.4 is 4.90 Å². The van der Waals surface area contributed by atoms with Crippen molar-refractivity contribution < 1.29 is 12.6 Å². The van der Waals surface area contributed by atoms with Crippen molar-refractivity contribution in [3.05, 3.63) is 11.1 Å². The highest BCUT2D eigenvalue weighted by Gasteiger charge is 2.27. The van der Waals surface area contributed by atoms with E-state index < -0.39 is 10.1 Å². The first-order valence-electron chi connectivity index (χ1n) is 4.97. The van der Waals surface area contributed by atoms with E-state index in [1.807, 2.05) is 11.0 Å². The average Bonchev–Trinajstić information content (AvgIpc) is 2.82. The van der Waals surface area contributed by atoms with Crippen LogP contribution in [0.4, 0.5) is 5.13 Å². The molecule has 6 nitrogen and oxygen atoms in total. The Morgan fingerprint density at radius 3 is 3.06 bits per heavy atom. The molecular weight excluding hydrogens is 262 g/mol. The highest BCUT2D eigenvalue weighted by Crippen LogP contribution is 2.25. The summed E-state index contributed by atoms with van der Waals surface area (Å²) in [6, 6.07) is 1.97. The van der Waals surface area contributed by atoms with Gasteiger partial charge in [-0.15, -0.1) is 11.3 Å². The molecule has 1 aromatic rings. The molecule has 0 radical (unpaired) electrons. The molecule has 8 heteroatoms. The van der Waals surface area contributed by atoms with Crippen molar-refractivity contribution in [2.75, 3.05) is 24.2 Å². The van der Waals surface area contributed by atoms with Gasteiger partial charge in [-0.2, -0.15) is 13.7 Å². The second kappa shape index (κ2) is 4.60.